The summed E-state index contributed by atoms with van der Waals surface area (Å²) in [6.45, 7) is 5.19. The molecule has 0 heterocycles. The van der Waals surface area contributed by atoms with Crippen LogP contribution in [0.5, 0.6) is 5.75 Å². The summed E-state index contributed by atoms with van der Waals surface area (Å²) in [4.78, 5) is 12.1. The molecular weight excluding hydrogens is 280 g/mol. The Morgan fingerprint density at radius 1 is 1.32 bits per heavy atom. The fourth-order valence-corrected chi connectivity index (χ4v) is 2.61. The van der Waals surface area contributed by atoms with Crippen molar-refractivity contribution in [2.45, 2.75) is 39.2 Å². The zero-order chi connectivity index (χ0) is 15.9. The Kier molecular flexibility index (Phi) is 6.18. The lowest BCUT2D eigenvalue weighted by molar-refractivity contribution is -0.140. The molecule has 0 spiro atoms. The quantitative estimate of drug-likeness (QED) is 0.648. The Morgan fingerprint density at radius 3 is 2.73 bits per heavy atom. The lowest BCUT2D eigenvalue weighted by atomic mass is 9.89. The van der Waals surface area contributed by atoms with E-state index in [2.05, 4.69) is 16.9 Å². The number of fused-ring (bicyclic) bond motifs is 1. The molecule has 6 heteroatoms. The van der Waals surface area contributed by atoms with Crippen LogP contribution < -0.4 is 21.3 Å². The molecule has 0 radical (unpaired) electrons. The van der Waals surface area contributed by atoms with Gasteiger partial charge in [-0.25, -0.2) is 16.0 Å². The summed E-state index contributed by atoms with van der Waals surface area (Å²) in [7, 11) is 0. The van der Waals surface area contributed by atoms with Crippen molar-refractivity contribution >= 4 is 5.91 Å². The molecule has 0 bridgehead atoms. The van der Waals surface area contributed by atoms with E-state index in [1.165, 1.54) is 16.2 Å². The molecule has 122 valence electrons. The molecule has 4 N–H and O–H groups in total. The van der Waals surface area contributed by atoms with Crippen LogP contribution in [-0.2, 0) is 17.6 Å². The van der Waals surface area contributed by atoms with Gasteiger partial charge in [-0.15, -0.1) is 0 Å². The third kappa shape index (κ3) is 4.43. The SMILES string of the molecule is CCNN(NCC)C(=O)COc1ccc2c(c1)C[C@@H](N)CC2. The van der Waals surface area contributed by atoms with Crippen LogP contribution in [0.4, 0.5) is 0 Å². The largest absolute Gasteiger partial charge is 0.484 e. The number of aryl methyl sites for hydroxylation is 1. The number of nitrogens with zero attached hydrogens (tertiary/aromatic N) is 1. The third-order valence-corrected chi connectivity index (χ3v) is 3.69. The van der Waals surface area contributed by atoms with Gasteiger partial charge in [0.1, 0.15) is 5.75 Å². The second-order valence-corrected chi connectivity index (χ2v) is 5.47. The van der Waals surface area contributed by atoms with Crippen molar-refractivity contribution in [3.8, 4) is 5.75 Å². The fourth-order valence-electron chi connectivity index (χ4n) is 2.61. The fraction of sp³-hybridized carbons (Fsp3) is 0.562. The van der Waals surface area contributed by atoms with Crippen molar-refractivity contribution in [1.29, 1.82) is 0 Å². The second-order valence-electron chi connectivity index (χ2n) is 5.47. The van der Waals surface area contributed by atoms with Crippen LogP contribution >= 0.6 is 0 Å². The van der Waals surface area contributed by atoms with Crippen LogP contribution in [0.25, 0.3) is 0 Å². The molecule has 0 aliphatic heterocycles. The van der Waals surface area contributed by atoms with Gasteiger partial charge in [0.05, 0.1) is 0 Å². The molecule has 1 aliphatic carbocycles. The Labute approximate surface area is 131 Å². The van der Waals surface area contributed by atoms with E-state index in [9.17, 15) is 4.79 Å². The van der Waals surface area contributed by atoms with Crippen LogP contribution in [0.3, 0.4) is 0 Å². The number of ether oxygens (including phenoxy) is 1. The highest BCUT2D eigenvalue weighted by Gasteiger charge is 2.17. The predicted octanol–water partition coefficient (Wildman–Crippen LogP) is 0.759. The van der Waals surface area contributed by atoms with Crippen LogP contribution in [-0.4, -0.2) is 36.8 Å². The van der Waals surface area contributed by atoms with Crippen molar-refractivity contribution in [1.82, 2.24) is 16.0 Å². The topological polar surface area (TPSA) is 79.6 Å². The first-order chi connectivity index (χ1) is 10.6. The summed E-state index contributed by atoms with van der Waals surface area (Å²) in [5.74, 6) is 0.562. The number of amides is 1. The van der Waals surface area contributed by atoms with E-state index >= 15 is 0 Å². The van der Waals surface area contributed by atoms with Gasteiger partial charge >= 0.3 is 0 Å². The minimum absolute atomic E-state index is 0.00909. The van der Waals surface area contributed by atoms with Gasteiger partial charge in [-0.2, -0.15) is 0 Å². The summed E-state index contributed by atoms with van der Waals surface area (Å²) < 4.78 is 5.63. The number of carbonyl (C=O) groups excluding carboxylic acids is 1. The molecule has 6 nitrogen and oxygen atoms in total. The highest BCUT2D eigenvalue weighted by Crippen LogP contribution is 2.25. The first-order valence-electron chi connectivity index (χ1n) is 7.94. The highest BCUT2D eigenvalue weighted by atomic mass is 16.5. The molecule has 1 aliphatic rings. The van der Waals surface area contributed by atoms with Gasteiger partial charge in [-0.05, 0) is 42.5 Å². The number of nitrogens with two attached hydrogens (primary N) is 1. The molecule has 22 heavy (non-hydrogen) atoms. The zero-order valence-corrected chi connectivity index (χ0v) is 13.4. The Hall–Kier alpha value is -1.63. The number of nitrogens with one attached hydrogen (secondary N) is 2. The minimum atomic E-state index is -0.155. The molecule has 0 saturated heterocycles. The van der Waals surface area contributed by atoms with Gasteiger partial charge in [-0.3, -0.25) is 4.79 Å². The van der Waals surface area contributed by atoms with Gasteiger partial charge < -0.3 is 10.5 Å². The second kappa shape index (κ2) is 8.12. The monoisotopic (exact) mass is 306 g/mol. The summed E-state index contributed by atoms with van der Waals surface area (Å²) in [6.07, 6.45) is 2.93. The smallest absolute Gasteiger partial charge is 0.289 e. The first kappa shape index (κ1) is 16.7. The van der Waals surface area contributed by atoms with E-state index in [0.29, 0.717) is 18.8 Å². The standard InChI is InChI=1S/C16H26N4O2/c1-3-18-20(19-4-2)16(21)11-22-15-8-6-12-5-7-14(17)9-13(12)10-15/h6,8,10,14,18-19H,3-5,7,9,11,17H2,1-2H3/t14-/m0/s1. The normalized spacial score (nSPS) is 17.0. The predicted molar refractivity (Wildman–Crippen MR) is 86.1 cm³/mol. The average molecular weight is 306 g/mol. The van der Waals surface area contributed by atoms with Crippen LogP contribution in [0.1, 0.15) is 31.4 Å². The van der Waals surface area contributed by atoms with Crippen LogP contribution in [0, 0.1) is 0 Å². The Balaban J connectivity index is 1.93. The van der Waals surface area contributed by atoms with Gasteiger partial charge in [0.2, 0.25) is 0 Å². The van der Waals surface area contributed by atoms with Gasteiger partial charge in [-0.1, -0.05) is 19.9 Å². The van der Waals surface area contributed by atoms with E-state index in [4.69, 9.17) is 10.5 Å². The maximum absolute atomic E-state index is 12.1. The minimum Gasteiger partial charge on any atom is -0.484 e. The molecule has 1 atom stereocenters. The molecule has 0 aromatic heterocycles. The Morgan fingerprint density at radius 2 is 2.05 bits per heavy atom. The van der Waals surface area contributed by atoms with Crippen molar-refractivity contribution in [2.24, 2.45) is 5.73 Å². The average Bonchev–Trinajstić information content (AvgIpc) is 2.52. The van der Waals surface area contributed by atoms with Crippen molar-refractivity contribution in [2.75, 3.05) is 19.7 Å². The van der Waals surface area contributed by atoms with E-state index < -0.39 is 0 Å². The number of carbonyl (C=O) groups is 1. The summed E-state index contributed by atoms with van der Waals surface area (Å²) in [6, 6.07) is 6.23. The van der Waals surface area contributed by atoms with Crippen molar-refractivity contribution in [3.63, 3.8) is 0 Å². The van der Waals surface area contributed by atoms with E-state index in [-0.39, 0.29) is 18.6 Å². The maximum Gasteiger partial charge on any atom is 0.289 e. The maximum atomic E-state index is 12.1. The number of hydrazine groups is 2. The Bertz CT molecular complexity index is 501. The number of hydrogen-bond acceptors (Lipinski definition) is 5. The van der Waals surface area contributed by atoms with E-state index in [1.54, 1.807) is 0 Å². The number of benzene rings is 1. The van der Waals surface area contributed by atoms with Crippen molar-refractivity contribution in [3.05, 3.63) is 29.3 Å². The molecular formula is C16H26N4O2. The molecule has 2 rings (SSSR count). The van der Waals surface area contributed by atoms with Crippen molar-refractivity contribution < 1.29 is 9.53 Å². The number of hydrogen-bond donors (Lipinski definition) is 3. The third-order valence-electron chi connectivity index (χ3n) is 3.69. The molecule has 0 saturated carbocycles. The molecule has 1 aromatic rings. The van der Waals surface area contributed by atoms with E-state index in [1.807, 2.05) is 26.0 Å². The number of rotatable bonds is 7. The summed E-state index contributed by atoms with van der Waals surface area (Å²) in [5.41, 5.74) is 14.5. The summed E-state index contributed by atoms with van der Waals surface area (Å²) >= 11 is 0. The molecule has 1 aromatic carbocycles. The summed E-state index contributed by atoms with van der Waals surface area (Å²) in [5, 5.41) is 1.38. The zero-order valence-electron chi connectivity index (χ0n) is 13.4. The molecule has 1 amide bonds. The van der Waals surface area contributed by atoms with Gasteiger partial charge in [0.25, 0.3) is 5.91 Å². The highest BCUT2D eigenvalue weighted by molar-refractivity contribution is 5.76. The van der Waals surface area contributed by atoms with Crippen LogP contribution in [0.2, 0.25) is 0 Å². The molecule has 0 fully saturated rings. The lowest BCUT2D eigenvalue weighted by Crippen LogP contribution is -2.53. The van der Waals surface area contributed by atoms with Crippen LogP contribution in [0.15, 0.2) is 18.2 Å². The molecule has 0 unspecified atom stereocenters. The van der Waals surface area contributed by atoms with Gasteiger partial charge in [0.15, 0.2) is 6.61 Å². The van der Waals surface area contributed by atoms with E-state index in [0.717, 1.165) is 19.3 Å². The van der Waals surface area contributed by atoms with Gasteiger partial charge in [0, 0.05) is 19.1 Å². The lowest BCUT2D eigenvalue weighted by Gasteiger charge is -2.23. The first-order valence-corrected chi connectivity index (χ1v) is 7.94.